The Hall–Kier alpha value is -3.71. The Kier molecular flexibility index (Phi) is 4.30. The molecule has 156 valence electrons. The molecule has 0 saturated heterocycles. The van der Waals surface area contributed by atoms with Gasteiger partial charge in [0.25, 0.3) is 11.8 Å². The van der Waals surface area contributed by atoms with Crippen LogP contribution >= 0.6 is 0 Å². The molecule has 0 atom stereocenters. The Morgan fingerprint density at radius 1 is 0.839 bits per heavy atom. The molecule has 0 saturated carbocycles. The number of hydrogen-bond donors (Lipinski definition) is 1. The van der Waals surface area contributed by atoms with E-state index in [2.05, 4.69) is 0 Å². The Labute approximate surface area is 177 Å². The van der Waals surface area contributed by atoms with Gasteiger partial charge in [0.1, 0.15) is 0 Å². The van der Waals surface area contributed by atoms with Crippen molar-refractivity contribution >= 4 is 39.3 Å². The van der Waals surface area contributed by atoms with Crippen LogP contribution in [-0.2, 0) is 20.5 Å². The predicted octanol–water partition coefficient (Wildman–Crippen LogP) is 2.76. The Bertz CT molecular complexity index is 1440. The zero-order chi connectivity index (χ0) is 21.9. The lowest BCUT2D eigenvalue weighted by Gasteiger charge is -2.28. The SMILES string of the molecule is Cn1c(=O)n(C)c2cc(N3C(=O)c4cccc5c(CCCO)ccc(c45)C3=O)ccc21. The van der Waals surface area contributed by atoms with Crippen molar-refractivity contribution in [1.29, 1.82) is 0 Å². The first-order valence-corrected chi connectivity index (χ1v) is 10.1. The van der Waals surface area contributed by atoms with Gasteiger partial charge in [-0.15, -0.1) is 0 Å². The van der Waals surface area contributed by atoms with Gasteiger partial charge in [0, 0.05) is 37.2 Å². The van der Waals surface area contributed by atoms with E-state index < -0.39 is 0 Å². The van der Waals surface area contributed by atoms with Gasteiger partial charge in [0.05, 0.1) is 16.7 Å². The van der Waals surface area contributed by atoms with E-state index in [-0.39, 0.29) is 24.1 Å². The van der Waals surface area contributed by atoms with Crippen molar-refractivity contribution < 1.29 is 14.7 Å². The number of benzene rings is 3. The number of anilines is 1. The molecule has 4 aromatic rings. The minimum atomic E-state index is -0.386. The second-order valence-corrected chi connectivity index (χ2v) is 7.85. The van der Waals surface area contributed by atoms with Gasteiger partial charge in [-0.3, -0.25) is 18.7 Å². The van der Waals surface area contributed by atoms with Crippen LogP contribution in [0.4, 0.5) is 5.69 Å². The highest BCUT2D eigenvalue weighted by Gasteiger charge is 2.34. The summed E-state index contributed by atoms with van der Waals surface area (Å²) in [4.78, 5) is 40.3. The number of aryl methyl sites for hydroxylation is 3. The zero-order valence-corrected chi connectivity index (χ0v) is 17.3. The number of hydrogen-bond acceptors (Lipinski definition) is 4. The van der Waals surface area contributed by atoms with Crippen LogP contribution in [0.25, 0.3) is 21.8 Å². The number of aliphatic hydroxyl groups is 1. The number of amides is 2. The molecule has 2 amide bonds. The summed E-state index contributed by atoms with van der Waals surface area (Å²) in [6, 6.07) is 14.3. The molecule has 0 aliphatic carbocycles. The molecule has 1 aliphatic heterocycles. The topological polar surface area (TPSA) is 84.5 Å². The standard InChI is InChI=1S/C24H21N3O4/c1-25-19-11-9-15(13-20(19)26(2)24(25)31)27-22(29)17-7-3-6-16-14(5-4-12-28)8-10-18(21(16)17)23(27)30/h3,6-11,13,28H,4-5,12H2,1-2H3. The molecule has 5 rings (SSSR count). The van der Waals surface area contributed by atoms with Crippen LogP contribution in [0.15, 0.2) is 53.3 Å². The number of aromatic nitrogens is 2. The molecule has 0 spiro atoms. The van der Waals surface area contributed by atoms with E-state index in [0.29, 0.717) is 40.6 Å². The van der Waals surface area contributed by atoms with E-state index in [1.165, 1.54) is 14.0 Å². The molecule has 2 heterocycles. The lowest BCUT2D eigenvalue weighted by Crippen LogP contribution is -2.40. The zero-order valence-electron chi connectivity index (χ0n) is 17.3. The smallest absolute Gasteiger partial charge is 0.328 e. The summed E-state index contributed by atoms with van der Waals surface area (Å²) in [5.41, 5.74) is 3.58. The van der Waals surface area contributed by atoms with Crippen molar-refractivity contribution in [2.24, 2.45) is 14.1 Å². The minimum Gasteiger partial charge on any atom is -0.396 e. The number of carbonyl (C=O) groups is 2. The quantitative estimate of drug-likeness (QED) is 0.520. The van der Waals surface area contributed by atoms with Gasteiger partial charge < -0.3 is 5.11 Å². The first-order chi connectivity index (χ1) is 14.9. The summed E-state index contributed by atoms with van der Waals surface area (Å²) >= 11 is 0. The molecular formula is C24H21N3O4. The summed E-state index contributed by atoms with van der Waals surface area (Å²) < 4.78 is 3.03. The van der Waals surface area contributed by atoms with Crippen molar-refractivity contribution in [3.8, 4) is 0 Å². The van der Waals surface area contributed by atoms with E-state index in [9.17, 15) is 19.5 Å². The third-order valence-electron chi connectivity index (χ3n) is 6.12. The van der Waals surface area contributed by atoms with Crippen LogP contribution < -0.4 is 10.6 Å². The van der Waals surface area contributed by atoms with Crippen molar-refractivity contribution in [1.82, 2.24) is 9.13 Å². The molecule has 0 unspecified atom stereocenters. The second kappa shape index (κ2) is 6.92. The maximum atomic E-state index is 13.4. The van der Waals surface area contributed by atoms with E-state index in [1.54, 1.807) is 44.4 Å². The average molecular weight is 415 g/mol. The van der Waals surface area contributed by atoms with Crippen molar-refractivity contribution in [2.75, 3.05) is 11.5 Å². The van der Waals surface area contributed by atoms with Gasteiger partial charge in [-0.1, -0.05) is 18.2 Å². The Morgan fingerprint density at radius 2 is 1.55 bits per heavy atom. The molecule has 0 fully saturated rings. The summed E-state index contributed by atoms with van der Waals surface area (Å²) in [7, 11) is 3.35. The molecule has 1 aromatic heterocycles. The molecule has 1 aliphatic rings. The fourth-order valence-corrected chi connectivity index (χ4v) is 4.51. The van der Waals surface area contributed by atoms with Crippen LogP contribution in [-0.4, -0.2) is 32.7 Å². The Balaban J connectivity index is 1.69. The van der Waals surface area contributed by atoms with Crippen LogP contribution in [0.5, 0.6) is 0 Å². The summed E-state index contributed by atoms with van der Waals surface area (Å²) in [6.07, 6.45) is 1.28. The summed E-state index contributed by atoms with van der Waals surface area (Å²) in [6.45, 7) is 0.0824. The maximum absolute atomic E-state index is 13.4. The van der Waals surface area contributed by atoms with Gasteiger partial charge in [-0.25, -0.2) is 9.69 Å². The van der Waals surface area contributed by atoms with Gasteiger partial charge in [0.2, 0.25) is 0 Å². The number of nitrogens with zero attached hydrogens (tertiary/aromatic N) is 3. The number of carbonyl (C=O) groups excluding carboxylic acids is 2. The third kappa shape index (κ3) is 2.67. The van der Waals surface area contributed by atoms with E-state index in [1.807, 2.05) is 18.2 Å². The number of aliphatic hydroxyl groups excluding tert-OH is 1. The third-order valence-corrected chi connectivity index (χ3v) is 6.12. The van der Waals surface area contributed by atoms with Gasteiger partial charge in [-0.05, 0) is 54.1 Å². The summed E-state index contributed by atoms with van der Waals surface area (Å²) in [5.74, 6) is -0.773. The predicted molar refractivity (Wildman–Crippen MR) is 119 cm³/mol. The first kappa shape index (κ1) is 19.3. The molecule has 7 heteroatoms. The van der Waals surface area contributed by atoms with Crippen molar-refractivity contribution in [3.63, 3.8) is 0 Å². The Morgan fingerprint density at radius 3 is 2.29 bits per heavy atom. The molecule has 1 N–H and O–H groups in total. The fourth-order valence-electron chi connectivity index (χ4n) is 4.51. The van der Waals surface area contributed by atoms with Gasteiger partial charge >= 0.3 is 5.69 Å². The average Bonchev–Trinajstić information content (AvgIpc) is 3.00. The molecular weight excluding hydrogens is 394 g/mol. The number of rotatable bonds is 4. The fraction of sp³-hybridized carbons (Fsp3) is 0.208. The van der Waals surface area contributed by atoms with Crippen molar-refractivity contribution in [2.45, 2.75) is 12.8 Å². The van der Waals surface area contributed by atoms with Crippen LogP contribution in [0.3, 0.4) is 0 Å². The molecule has 7 nitrogen and oxygen atoms in total. The number of fused-ring (bicyclic) bond motifs is 1. The highest BCUT2D eigenvalue weighted by Crippen LogP contribution is 2.35. The summed E-state index contributed by atoms with van der Waals surface area (Å²) in [5, 5.41) is 10.7. The maximum Gasteiger partial charge on any atom is 0.328 e. The van der Waals surface area contributed by atoms with Crippen LogP contribution in [0, 0.1) is 0 Å². The highest BCUT2D eigenvalue weighted by molar-refractivity contribution is 6.36. The van der Waals surface area contributed by atoms with Gasteiger partial charge in [-0.2, -0.15) is 0 Å². The van der Waals surface area contributed by atoms with E-state index in [4.69, 9.17) is 0 Å². The molecule has 31 heavy (non-hydrogen) atoms. The lowest BCUT2D eigenvalue weighted by atomic mass is 9.90. The molecule has 3 aromatic carbocycles. The monoisotopic (exact) mass is 415 g/mol. The lowest BCUT2D eigenvalue weighted by molar-refractivity contribution is 0.0893. The van der Waals surface area contributed by atoms with E-state index in [0.717, 1.165) is 16.5 Å². The second-order valence-electron chi connectivity index (χ2n) is 7.85. The minimum absolute atomic E-state index is 0.0824. The van der Waals surface area contributed by atoms with Crippen LogP contribution in [0.2, 0.25) is 0 Å². The molecule has 0 bridgehead atoms. The number of imidazole rings is 1. The van der Waals surface area contributed by atoms with Crippen molar-refractivity contribution in [3.05, 3.63) is 75.7 Å². The molecule has 0 radical (unpaired) electrons. The van der Waals surface area contributed by atoms with Crippen LogP contribution in [0.1, 0.15) is 32.7 Å². The van der Waals surface area contributed by atoms with Gasteiger partial charge in [0.15, 0.2) is 0 Å². The highest BCUT2D eigenvalue weighted by atomic mass is 16.3. The normalized spacial score (nSPS) is 13.6. The van der Waals surface area contributed by atoms with E-state index >= 15 is 0 Å². The largest absolute Gasteiger partial charge is 0.396 e. The number of imide groups is 1. The first-order valence-electron chi connectivity index (χ1n) is 10.1.